The van der Waals surface area contributed by atoms with Gasteiger partial charge in [0, 0.05) is 17.7 Å². The highest BCUT2D eigenvalue weighted by Crippen LogP contribution is 2.42. The van der Waals surface area contributed by atoms with E-state index in [2.05, 4.69) is 10.2 Å². The predicted octanol–water partition coefficient (Wildman–Crippen LogP) is 5.95. The summed E-state index contributed by atoms with van der Waals surface area (Å²) in [6, 6.07) is 21.4. The highest BCUT2D eigenvalue weighted by molar-refractivity contribution is 7.18. The molecule has 7 nitrogen and oxygen atoms in total. The molecule has 0 N–H and O–H groups in total. The van der Waals surface area contributed by atoms with Crippen LogP contribution in [0.4, 0.5) is 5.13 Å². The summed E-state index contributed by atoms with van der Waals surface area (Å²) in [6.07, 6.45) is 0.785. The van der Waals surface area contributed by atoms with Crippen LogP contribution in [0.3, 0.4) is 0 Å². The van der Waals surface area contributed by atoms with E-state index in [-0.39, 0.29) is 5.91 Å². The molecule has 0 fully saturated rings. The number of carbonyl (C=O) groups is 1. The van der Waals surface area contributed by atoms with Gasteiger partial charge in [0.15, 0.2) is 11.5 Å². The fraction of sp³-hybridized carbons (Fsp3) is 0.222. The third-order valence-corrected chi connectivity index (χ3v) is 6.48. The molecule has 4 aromatic rings. The molecule has 0 aliphatic rings. The number of rotatable bonds is 9. The zero-order valence-electron chi connectivity index (χ0n) is 20.1. The molecule has 4 rings (SSSR count). The molecule has 8 heteroatoms. The Hall–Kier alpha value is -3.91. The van der Waals surface area contributed by atoms with E-state index in [4.69, 9.17) is 14.2 Å². The molecule has 1 heterocycles. The summed E-state index contributed by atoms with van der Waals surface area (Å²) in [5, 5.41) is 9.87. The third-order valence-electron chi connectivity index (χ3n) is 5.49. The summed E-state index contributed by atoms with van der Waals surface area (Å²) in [5.74, 6) is 1.45. The van der Waals surface area contributed by atoms with Gasteiger partial charge in [0.25, 0.3) is 5.91 Å². The monoisotopic (exact) mass is 489 g/mol. The number of benzene rings is 3. The number of anilines is 1. The standard InChI is InChI=1S/C27H27N3O4S/c1-5-15-30(26(31)20-13-11-19(12-14-20)18-9-7-6-8-10-18)27-29-28-25(35-27)21-16-22(32-2)24(34-4)23(17-21)33-3/h6-14,16-17H,5,15H2,1-4H3. The molecule has 0 atom stereocenters. The molecule has 1 amide bonds. The molecule has 180 valence electrons. The lowest BCUT2D eigenvalue weighted by Gasteiger charge is -2.18. The minimum Gasteiger partial charge on any atom is -0.493 e. The van der Waals surface area contributed by atoms with Crippen molar-refractivity contribution in [3.8, 4) is 38.9 Å². The first kappa shape index (κ1) is 24.2. The molecule has 0 radical (unpaired) electrons. The van der Waals surface area contributed by atoms with E-state index in [1.807, 2.05) is 73.7 Å². The fourth-order valence-electron chi connectivity index (χ4n) is 3.75. The summed E-state index contributed by atoms with van der Waals surface area (Å²) in [6.45, 7) is 2.56. The lowest BCUT2D eigenvalue weighted by molar-refractivity contribution is 0.0986. The lowest BCUT2D eigenvalue weighted by Crippen LogP contribution is -2.31. The van der Waals surface area contributed by atoms with Crippen molar-refractivity contribution in [2.45, 2.75) is 13.3 Å². The van der Waals surface area contributed by atoms with Gasteiger partial charge >= 0.3 is 0 Å². The van der Waals surface area contributed by atoms with Crippen molar-refractivity contribution in [2.75, 3.05) is 32.8 Å². The molecule has 3 aromatic carbocycles. The minimum absolute atomic E-state index is 0.112. The maximum atomic E-state index is 13.4. The van der Waals surface area contributed by atoms with Crippen LogP contribution >= 0.6 is 11.3 Å². The van der Waals surface area contributed by atoms with E-state index in [0.29, 0.717) is 39.5 Å². The first-order chi connectivity index (χ1) is 17.1. The summed E-state index contributed by atoms with van der Waals surface area (Å²) >= 11 is 1.34. The predicted molar refractivity (Wildman–Crippen MR) is 139 cm³/mol. The Kier molecular flexibility index (Phi) is 7.62. The molecular weight excluding hydrogens is 462 g/mol. The van der Waals surface area contributed by atoms with E-state index in [1.165, 1.54) is 11.3 Å². The van der Waals surface area contributed by atoms with Gasteiger partial charge in [0.2, 0.25) is 10.9 Å². The molecule has 0 bridgehead atoms. The van der Waals surface area contributed by atoms with Crippen molar-refractivity contribution in [3.63, 3.8) is 0 Å². The highest BCUT2D eigenvalue weighted by atomic mass is 32.1. The van der Waals surface area contributed by atoms with E-state index >= 15 is 0 Å². The number of ether oxygens (including phenoxy) is 3. The van der Waals surface area contributed by atoms with Crippen LogP contribution in [-0.2, 0) is 0 Å². The van der Waals surface area contributed by atoms with Gasteiger partial charge in [-0.3, -0.25) is 9.69 Å². The molecule has 0 aliphatic carbocycles. The largest absolute Gasteiger partial charge is 0.493 e. The normalized spacial score (nSPS) is 10.6. The van der Waals surface area contributed by atoms with Crippen molar-refractivity contribution < 1.29 is 19.0 Å². The Morgan fingerprint density at radius 1 is 0.829 bits per heavy atom. The zero-order chi connectivity index (χ0) is 24.8. The van der Waals surface area contributed by atoms with Crippen molar-refractivity contribution >= 4 is 22.4 Å². The fourth-order valence-corrected chi connectivity index (χ4v) is 4.60. The van der Waals surface area contributed by atoms with Gasteiger partial charge in [0.1, 0.15) is 5.01 Å². The number of amides is 1. The highest BCUT2D eigenvalue weighted by Gasteiger charge is 2.23. The van der Waals surface area contributed by atoms with Gasteiger partial charge < -0.3 is 14.2 Å². The number of carbonyl (C=O) groups excluding carboxylic acids is 1. The number of methoxy groups -OCH3 is 3. The van der Waals surface area contributed by atoms with Crippen molar-refractivity contribution in [3.05, 3.63) is 72.3 Å². The number of hydrogen-bond donors (Lipinski definition) is 0. The first-order valence-corrected chi connectivity index (χ1v) is 12.0. The lowest BCUT2D eigenvalue weighted by atomic mass is 10.0. The van der Waals surface area contributed by atoms with Crippen molar-refractivity contribution in [1.82, 2.24) is 10.2 Å². The molecule has 0 spiro atoms. The Morgan fingerprint density at radius 2 is 1.46 bits per heavy atom. The third kappa shape index (κ3) is 5.12. The first-order valence-electron chi connectivity index (χ1n) is 11.2. The molecule has 35 heavy (non-hydrogen) atoms. The van der Waals surface area contributed by atoms with Gasteiger partial charge in [0.05, 0.1) is 21.3 Å². The van der Waals surface area contributed by atoms with Crippen LogP contribution in [0.5, 0.6) is 17.2 Å². The van der Waals surface area contributed by atoms with Crippen LogP contribution in [0.2, 0.25) is 0 Å². The van der Waals surface area contributed by atoms with Gasteiger partial charge in [-0.2, -0.15) is 0 Å². The Bertz CT molecular complexity index is 1260. The summed E-state index contributed by atoms with van der Waals surface area (Å²) in [5.41, 5.74) is 3.53. The van der Waals surface area contributed by atoms with Gasteiger partial charge in [-0.1, -0.05) is 60.7 Å². The Balaban J connectivity index is 1.62. The average molecular weight is 490 g/mol. The Morgan fingerprint density at radius 3 is 2.03 bits per heavy atom. The maximum absolute atomic E-state index is 13.4. The molecule has 0 aliphatic heterocycles. The average Bonchev–Trinajstić information content (AvgIpc) is 3.41. The molecule has 0 saturated heterocycles. The maximum Gasteiger partial charge on any atom is 0.260 e. The Labute approximate surface area is 208 Å². The van der Waals surface area contributed by atoms with Crippen LogP contribution in [0.1, 0.15) is 23.7 Å². The van der Waals surface area contributed by atoms with Gasteiger partial charge in [-0.25, -0.2) is 0 Å². The van der Waals surface area contributed by atoms with Crippen LogP contribution in [0.15, 0.2) is 66.7 Å². The summed E-state index contributed by atoms with van der Waals surface area (Å²) in [4.78, 5) is 15.1. The molecule has 0 saturated carbocycles. The number of aromatic nitrogens is 2. The topological polar surface area (TPSA) is 73.8 Å². The van der Waals surface area contributed by atoms with Gasteiger partial charge in [-0.05, 0) is 41.8 Å². The molecular formula is C27H27N3O4S. The van der Waals surface area contributed by atoms with E-state index in [9.17, 15) is 4.79 Å². The second-order valence-corrected chi connectivity index (χ2v) is 8.66. The quantitative estimate of drug-likeness (QED) is 0.289. The van der Waals surface area contributed by atoms with Crippen LogP contribution in [-0.4, -0.2) is 44.0 Å². The van der Waals surface area contributed by atoms with Crippen LogP contribution < -0.4 is 19.1 Å². The number of hydrogen-bond acceptors (Lipinski definition) is 7. The smallest absolute Gasteiger partial charge is 0.260 e. The number of nitrogens with zero attached hydrogens (tertiary/aromatic N) is 3. The van der Waals surface area contributed by atoms with Gasteiger partial charge in [-0.15, -0.1) is 10.2 Å². The summed E-state index contributed by atoms with van der Waals surface area (Å²) in [7, 11) is 4.69. The van der Waals surface area contributed by atoms with E-state index < -0.39 is 0 Å². The molecule has 1 aromatic heterocycles. The SMILES string of the molecule is CCCN(C(=O)c1ccc(-c2ccccc2)cc1)c1nnc(-c2cc(OC)c(OC)c(OC)c2)s1. The van der Waals surface area contributed by atoms with Crippen molar-refractivity contribution in [2.24, 2.45) is 0 Å². The molecule has 0 unspecified atom stereocenters. The second kappa shape index (κ2) is 11.0. The van der Waals surface area contributed by atoms with Crippen LogP contribution in [0, 0.1) is 0 Å². The minimum atomic E-state index is -0.112. The summed E-state index contributed by atoms with van der Waals surface area (Å²) < 4.78 is 16.3. The second-order valence-electron chi connectivity index (χ2n) is 7.70. The van der Waals surface area contributed by atoms with E-state index in [1.54, 1.807) is 26.2 Å². The van der Waals surface area contributed by atoms with Crippen LogP contribution in [0.25, 0.3) is 21.7 Å². The van der Waals surface area contributed by atoms with E-state index in [0.717, 1.165) is 23.1 Å². The zero-order valence-corrected chi connectivity index (χ0v) is 21.0. The van der Waals surface area contributed by atoms with Crippen molar-refractivity contribution in [1.29, 1.82) is 0 Å².